The molecule has 2 aliphatic rings. The van der Waals surface area contributed by atoms with Crippen LogP contribution in [0.1, 0.15) is 55.3 Å². The van der Waals surface area contributed by atoms with Gasteiger partial charge >= 0.3 is 12.1 Å². The molecule has 0 unspecified atom stereocenters. The van der Waals surface area contributed by atoms with Gasteiger partial charge in [0.1, 0.15) is 34.6 Å². The van der Waals surface area contributed by atoms with Crippen LogP contribution in [0.5, 0.6) is 5.75 Å². The van der Waals surface area contributed by atoms with Crippen molar-refractivity contribution in [3.8, 4) is 5.75 Å². The summed E-state index contributed by atoms with van der Waals surface area (Å²) < 4.78 is 57.2. The van der Waals surface area contributed by atoms with Crippen LogP contribution < -0.4 is 10.1 Å². The molecule has 0 saturated carbocycles. The minimum absolute atomic E-state index is 0.0864. The van der Waals surface area contributed by atoms with Crippen molar-refractivity contribution in [2.24, 2.45) is 0 Å². The quantitative estimate of drug-likeness (QED) is 0.363. The molecule has 3 amide bonds. The number of likely N-dealkylation sites (tertiary alicyclic amines) is 2. The highest BCUT2D eigenvalue weighted by atomic mass is 32.1. The van der Waals surface area contributed by atoms with Gasteiger partial charge in [-0.15, -0.1) is 0 Å². The fraction of sp³-hybridized carbons (Fsp3) is 0.448. The second-order valence-electron chi connectivity index (χ2n) is 11.6. The third kappa shape index (κ3) is 6.15. The number of amides is 3. The van der Waals surface area contributed by atoms with Crippen molar-refractivity contribution in [1.29, 1.82) is 0 Å². The number of nitrogens with zero attached hydrogens (tertiary/aromatic N) is 4. The topological polar surface area (TPSA) is 96.9 Å². The lowest BCUT2D eigenvalue weighted by Gasteiger charge is -2.39. The number of hydrogen-bond donors (Lipinski definition) is 1. The second kappa shape index (κ2) is 11.4. The zero-order valence-electron chi connectivity index (χ0n) is 23.7. The number of aryl methyl sites for hydroxylation is 1. The molecule has 9 nitrogen and oxygen atoms in total. The van der Waals surface area contributed by atoms with Crippen LogP contribution in [0.2, 0.25) is 0 Å². The van der Waals surface area contributed by atoms with Crippen LogP contribution in [0, 0.1) is 12.7 Å². The number of carbonyl (C=O) groups excluding carboxylic acids is 2. The van der Waals surface area contributed by atoms with E-state index in [0.717, 1.165) is 0 Å². The van der Waals surface area contributed by atoms with Crippen molar-refractivity contribution < 1.29 is 32.2 Å². The molecule has 0 radical (unpaired) electrons. The van der Waals surface area contributed by atoms with Crippen molar-refractivity contribution >= 4 is 29.3 Å². The van der Waals surface area contributed by atoms with E-state index in [-0.39, 0.29) is 42.5 Å². The number of rotatable bonds is 6. The lowest BCUT2D eigenvalue weighted by atomic mass is 9.80. The molecule has 0 aliphatic carbocycles. The van der Waals surface area contributed by atoms with Gasteiger partial charge in [-0.25, -0.2) is 27.7 Å². The van der Waals surface area contributed by atoms with Gasteiger partial charge in [0.05, 0.1) is 24.2 Å². The summed E-state index contributed by atoms with van der Waals surface area (Å²) in [6.45, 7) is 8.01. The molecule has 0 bridgehead atoms. The van der Waals surface area contributed by atoms with E-state index in [1.165, 1.54) is 47.0 Å². The zero-order valence-corrected chi connectivity index (χ0v) is 24.5. The molecule has 3 aromatic rings. The summed E-state index contributed by atoms with van der Waals surface area (Å²) in [6, 6.07) is 8.29. The molecule has 1 aromatic heterocycles. The maximum Gasteiger partial charge on any atom is 0.410 e. The largest absolute Gasteiger partial charge is 0.485 e. The van der Waals surface area contributed by atoms with Crippen molar-refractivity contribution in [1.82, 2.24) is 19.2 Å². The number of carbonyl (C=O) groups is 2. The van der Waals surface area contributed by atoms with E-state index in [2.05, 4.69) is 14.7 Å². The molecule has 2 saturated heterocycles. The summed E-state index contributed by atoms with van der Waals surface area (Å²) >= 11 is 1.19. The highest BCUT2D eigenvalue weighted by Crippen LogP contribution is 2.42. The molecule has 2 fully saturated rings. The first kappa shape index (κ1) is 29.6. The third-order valence-corrected chi connectivity index (χ3v) is 8.21. The summed E-state index contributed by atoms with van der Waals surface area (Å²) in [6.07, 6.45) is -1.72. The van der Waals surface area contributed by atoms with Crippen molar-refractivity contribution in [3.63, 3.8) is 0 Å². The molecule has 2 aromatic carbocycles. The minimum atomic E-state index is -2.76. The minimum Gasteiger partial charge on any atom is -0.485 e. The van der Waals surface area contributed by atoms with Crippen molar-refractivity contribution in [3.05, 3.63) is 70.2 Å². The van der Waals surface area contributed by atoms with Crippen LogP contribution in [0.4, 0.5) is 28.4 Å². The van der Waals surface area contributed by atoms with E-state index in [1.54, 1.807) is 38.7 Å². The van der Waals surface area contributed by atoms with Crippen LogP contribution in [-0.4, -0.2) is 69.2 Å². The molecular formula is C29H32F3N5O4S. The number of aromatic nitrogens is 2. The average molecular weight is 604 g/mol. The number of anilines is 1. The number of benzene rings is 2. The molecular weight excluding hydrogens is 571 g/mol. The van der Waals surface area contributed by atoms with Crippen LogP contribution in [-0.2, 0) is 10.2 Å². The Bertz CT molecular complexity index is 1460. The van der Waals surface area contributed by atoms with Gasteiger partial charge in [-0.3, -0.25) is 0 Å². The summed E-state index contributed by atoms with van der Waals surface area (Å²) in [4.78, 5) is 33.2. The van der Waals surface area contributed by atoms with Crippen LogP contribution in [0.3, 0.4) is 0 Å². The maximum atomic E-state index is 14.6. The Morgan fingerprint density at radius 3 is 2.55 bits per heavy atom. The van der Waals surface area contributed by atoms with E-state index in [1.807, 2.05) is 6.07 Å². The van der Waals surface area contributed by atoms with Gasteiger partial charge in [0.25, 0.3) is 6.43 Å². The molecule has 1 N–H and O–H groups in total. The predicted molar refractivity (Wildman–Crippen MR) is 151 cm³/mol. The first-order valence-corrected chi connectivity index (χ1v) is 14.3. The summed E-state index contributed by atoms with van der Waals surface area (Å²) in [5.41, 5.74) is -0.409. The van der Waals surface area contributed by atoms with Crippen LogP contribution in [0.15, 0.2) is 42.7 Å². The number of alkyl halides is 2. The van der Waals surface area contributed by atoms with E-state index in [9.17, 15) is 22.8 Å². The van der Waals surface area contributed by atoms with E-state index in [0.29, 0.717) is 29.1 Å². The predicted octanol–water partition coefficient (Wildman–Crippen LogP) is 6.15. The van der Waals surface area contributed by atoms with Gasteiger partial charge in [-0.1, -0.05) is 12.1 Å². The molecule has 2 aliphatic heterocycles. The maximum absolute atomic E-state index is 14.6. The highest BCUT2D eigenvalue weighted by Gasteiger charge is 2.45. The Balaban J connectivity index is 1.32. The SMILES string of the molecule is Cc1ccc([C@]2(c3ncns3)CCN(C(=O)Nc3cc(C(F)F)ccc3OC3CN(C(=O)OC(C)(C)C)C3)C2)cc1F. The smallest absolute Gasteiger partial charge is 0.410 e. The van der Waals surface area contributed by atoms with Crippen LogP contribution >= 0.6 is 11.5 Å². The molecule has 13 heteroatoms. The van der Waals surface area contributed by atoms with Gasteiger partial charge < -0.3 is 24.6 Å². The molecule has 224 valence electrons. The molecule has 0 spiro atoms. The Hall–Kier alpha value is -3.87. The molecule has 3 heterocycles. The Morgan fingerprint density at radius 2 is 1.90 bits per heavy atom. The van der Waals surface area contributed by atoms with E-state index < -0.39 is 35.7 Å². The van der Waals surface area contributed by atoms with Gasteiger partial charge in [0, 0.05) is 18.7 Å². The summed E-state index contributed by atoms with van der Waals surface area (Å²) in [5.74, 6) is -0.150. The Morgan fingerprint density at radius 1 is 1.14 bits per heavy atom. The lowest BCUT2D eigenvalue weighted by molar-refractivity contribution is -0.0219. The number of nitrogens with one attached hydrogen (secondary N) is 1. The summed E-state index contributed by atoms with van der Waals surface area (Å²) in [5, 5.41) is 3.39. The standard InChI is InChI=1S/C29H32F3N5O4S/c1-17-5-7-19(12-21(17)30)29(25-33-16-34-42-25)9-10-36(15-29)26(38)35-22-11-18(24(31)32)6-8-23(22)40-20-13-37(14-20)27(39)41-28(2,3)4/h5-8,11-12,16,20,24H,9-10,13-15H2,1-4H3,(H,35,38)/t29-/m0/s1. The first-order valence-electron chi connectivity index (χ1n) is 13.5. The normalized spacial score (nSPS) is 19.1. The zero-order chi connectivity index (χ0) is 30.2. The number of urea groups is 1. The van der Waals surface area contributed by atoms with Crippen LogP contribution in [0.25, 0.3) is 0 Å². The molecule has 5 rings (SSSR count). The van der Waals surface area contributed by atoms with E-state index in [4.69, 9.17) is 9.47 Å². The lowest BCUT2D eigenvalue weighted by Crippen LogP contribution is -2.57. The first-order chi connectivity index (χ1) is 19.8. The fourth-order valence-electron chi connectivity index (χ4n) is 5.04. The van der Waals surface area contributed by atoms with Crippen molar-refractivity contribution in [2.75, 3.05) is 31.5 Å². The Labute approximate surface area is 245 Å². The second-order valence-corrected chi connectivity index (χ2v) is 12.4. The summed E-state index contributed by atoms with van der Waals surface area (Å²) in [7, 11) is 0. The number of ether oxygens (including phenoxy) is 2. The highest BCUT2D eigenvalue weighted by molar-refractivity contribution is 7.05. The molecule has 42 heavy (non-hydrogen) atoms. The number of hydrogen-bond acceptors (Lipinski definition) is 7. The third-order valence-electron chi connectivity index (χ3n) is 7.34. The van der Waals surface area contributed by atoms with E-state index >= 15 is 0 Å². The number of halogens is 3. The average Bonchev–Trinajstić information content (AvgIpc) is 3.58. The monoisotopic (exact) mass is 603 g/mol. The Kier molecular flexibility index (Phi) is 8.06. The van der Waals surface area contributed by atoms with Gasteiger partial charge in [-0.05, 0) is 81.0 Å². The van der Waals surface area contributed by atoms with Gasteiger partial charge in [-0.2, -0.15) is 4.37 Å². The fourth-order valence-corrected chi connectivity index (χ4v) is 5.78. The van der Waals surface area contributed by atoms with Gasteiger partial charge in [0.2, 0.25) is 0 Å². The van der Waals surface area contributed by atoms with Gasteiger partial charge in [0.15, 0.2) is 0 Å². The molecule has 1 atom stereocenters. The van der Waals surface area contributed by atoms with Crippen molar-refractivity contribution in [2.45, 2.75) is 57.7 Å².